The van der Waals surface area contributed by atoms with Gasteiger partial charge in [-0.1, -0.05) is 0 Å². The van der Waals surface area contributed by atoms with Crippen LogP contribution >= 0.6 is 0 Å². The van der Waals surface area contributed by atoms with Crippen molar-refractivity contribution in [3.05, 3.63) is 69.3 Å². The Bertz CT molecular complexity index is 842. The highest BCUT2D eigenvalue weighted by Crippen LogP contribution is 2.21. The van der Waals surface area contributed by atoms with E-state index < -0.39 is 4.92 Å². The van der Waals surface area contributed by atoms with Crippen LogP contribution in [-0.2, 0) is 0 Å². The Kier molecular flexibility index (Phi) is 4.47. The summed E-state index contributed by atoms with van der Waals surface area (Å²) in [5.41, 5.74) is 1.81. The standard InChI is InChI=1S/C18H17N3O4/c1-11-10-13(4-9-16(11)21(24)25)18(23)20-14-5-2-12(3-6-14)17(22)19-15-7-8-15/h2-6,9-10,15H,7-8H2,1H3,(H,19,22)(H,20,23). The van der Waals surface area contributed by atoms with Crippen molar-refractivity contribution in [2.75, 3.05) is 5.32 Å². The molecule has 1 aliphatic rings. The molecule has 25 heavy (non-hydrogen) atoms. The first-order valence-corrected chi connectivity index (χ1v) is 7.91. The molecule has 0 aliphatic heterocycles. The van der Waals surface area contributed by atoms with E-state index in [4.69, 9.17) is 0 Å². The molecular weight excluding hydrogens is 322 g/mol. The molecule has 0 spiro atoms. The van der Waals surface area contributed by atoms with Crippen molar-refractivity contribution in [1.29, 1.82) is 0 Å². The number of nitro benzene ring substituents is 1. The van der Waals surface area contributed by atoms with Gasteiger partial charge in [-0.05, 0) is 56.2 Å². The summed E-state index contributed by atoms with van der Waals surface area (Å²) in [5.74, 6) is -0.487. The van der Waals surface area contributed by atoms with Crippen LogP contribution < -0.4 is 10.6 Å². The van der Waals surface area contributed by atoms with E-state index in [9.17, 15) is 19.7 Å². The van der Waals surface area contributed by atoms with Crippen LogP contribution in [0.25, 0.3) is 0 Å². The van der Waals surface area contributed by atoms with Gasteiger partial charge in [-0.15, -0.1) is 0 Å². The molecule has 0 unspecified atom stereocenters. The van der Waals surface area contributed by atoms with E-state index in [1.807, 2.05) is 0 Å². The van der Waals surface area contributed by atoms with Gasteiger partial charge in [0.1, 0.15) is 0 Å². The molecule has 7 nitrogen and oxygen atoms in total. The molecule has 0 bridgehead atoms. The second kappa shape index (κ2) is 6.72. The number of carbonyl (C=O) groups is 2. The molecule has 2 amide bonds. The SMILES string of the molecule is Cc1cc(C(=O)Nc2ccc(C(=O)NC3CC3)cc2)ccc1[N+](=O)[O-]. The second-order valence-corrected chi connectivity index (χ2v) is 6.04. The van der Waals surface area contributed by atoms with E-state index in [1.165, 1.54) is 18.2 Å². The van der Waals surface area contributed by atoms with Crippen molar-refractivity contribution in [2.45, 2.75) is 25.8 Å². The summed E-state index contributed by atoms with van der Waals surface area (Å²) in [6.07, 6.45) is 2.04. The third-order valence-corrected chi connectivity index (χ3v) is 3.97. The fourth-order valence-corrected chi connectivity index (χ4v) is 2.41. The van der Waals surface area contributed by atoms with Crippen LogP contribution in [0.3, 0.4) is 0 Å². The van der Waals surface area contributed by atoms with Gasteiger partial charge in [0.2, 0.25) is 0 Å². The number of carbonyl (C=O) groups excluding carboxylic acids is 2. The molecule has 1 saturated carbocycles. The lowest BCUT2D eigenvalue weighted by Gasteiger charge is -2.08. The molecule has 2 aromatic rings. The van der Waals surface area contributed by atoms with Crippen LogP contribution in [0.4, 0.5) is 11.4 Å². The minimum atomic E-state index is -0.484. The van der Waals surface area contributed by atoms with E-state index >= 15 is 0 Å². The fraction of sp³-hybridized carbons (Fsp3) is 0.222. The highest BCUT2D eigenvalue weighted by atomic mass is 16.6. The fourth-order valence-electron chi connectivity index (χ4n) is 2.41. The molecule has 0 aromatic heterocycles. The van der Waals surface area contributed by atoms with Crippen molar-refractivity contribution in [3.8, 4) is 0 Å². The molecule has 2 aromatic carbocycles. The Hall–Kier alpha value is -3.22. The number of nitrogens with one attached hydrogen (secondary N) is 2. The summed E-state index contributed by atoms with van der Waals surface area (Å²) in [4.78, 5) is 34.5. The zero-order chi connectivity index (χ0) is 18.0. The summed E-state index contributed by atoms with van der Waals surface area (Å²) >= 11 is 0. The summed E-state index contributed by atoms with van der Waals surface area (Å²) in [5, 5.41) is 16.4. The number of nitro groups is 1. The van der Waals surface area contributed by atoms with Gasteiger partial charge < -0.3 is 10.6 Å². The quantitative estimate of drug-likeness (QED) is 0.645. The molecule has 0 radical (unpaired) electrons. The molecule has 7 heteroatoms. The number of aryl methyl sites for hydroxylation is 1. The maximum Gasteiger partial charge on any atom is 0.272 e. The van der Waals surface area contributed by atoms with Crippen molar-refractivity contribution < 1.29 is 14.5 Å². The van der Waals surface area contributed by atoms with E-state index in [0.29, 0.717) is 22.4 Å². The van der Waals surface area contributed by atoms with Crippen molar-refractivity contribution >= 4 is 23.2 Å². The van der Waals surface area contributed by atoms with Crippen LogP contribution in [0.5, 0.6) is 0 Å². The highest BCUT2D eigenvalue weighted by molar-refractivity contribution is 6.05. The molecule has 0 heterocycles. The molecule has 128 valence electrons. The van der Waals surface area contributed by atoms with E-state index in [-0.39, 0.29) is 23.5 Å². The maximum atomic E-state index is 12.3. The van der Waals surface area contributed by atoms with Gasteiger partial charge in [0.15, 0.2) is 0 Å². The monoisotopic (exact) mass is 339 g/mol. The van der Waals surface area contributed by atoms with Gasteiger partial charge in [-0.25, -0.2) is 0 Å². The van der Waals surface area contributed by atoms with E-state index in [1.54, 1.807) is 31.2 Å². The number of nitrogens with zero attached hydrogens (tertiary/aromatic N) is 1. The predicted octanol–water partition coefficient (Wildman–Crippen LogP) is 3.05. The van der Waals surface area contributed by atoms with Crippen LogP contribution in [0.1, 0.15) is 39.1 Å². The minimum Gasteiger partial charge on any atom is -0.349 e. The summed E-state index contributed by atoms with van der Waals surface area (Å²) in [6.45, 7) is 1.59. The first-order valence-electron chi connectivity index (χ1n) is 7.91. The lowest BCUT2D eigenvalue weighted by atomic mass is 10.1. The van der Waals surface area contributed by atoms with Gasteiger partial charge in [-0.2, -0.15) is 0 Å². The molecule has 0 saturated heterocycles. The Morgan fingerprint density at radius 1 is 1.04 bits per heavy atom. The van der Waals surface area contributed by atoms with Crippen molar-refractivity contribution in [2.24, 2.45) is 0 Å². The van der Waals surface area contributed by atoms with Crippen molar-refractivity contribution in [1.82, 2.24) is 5.32 Å². The van der Waals surface area contributed by atoms with Gasteiger partial charge in [0.05, 0.1) is 4.92 Å². The largest absolute Gasteiger partial charge is 0.349 e. The number of amides is 2. The van der Waals surface area contributed by atoms with Crippen LogP contribution in [-0.4, -0.2) is 22.8 Å². The lowest BCUT2D eigenvalue weighted by molar-refractivity contribution is -0.385. The number of rotatable bonds is 5. The number of benzene rings is 2. The topological polar surface area (TPSA) is 101 Å². The number of hydrogen-bond donors (Lipinski definition) is 2. The zero-order valence-electron chi connectivity index (χ0n) is 13.6. The smallest absolute Gasteiger partial charge is 0.272 e. The first-order chi connectivity index (χ1) is 11.9. The summed E-state index contributed by atoms with van der Waals surface area (Å²) < 4.78 is 0. The van der Waals surface area contributed by atoms with E-state index in [2.05, 4.69) is 10.6 Å². The molecule has 1 aliphatic carbocycles. The third kappa shape index (κ3) is 4.00. The first kappa shape index (κ1) is 16.6. The predicted molar refractivity (Wildman–Crippen MR) is 92.7 cm³/mol. The molecule has 3 rings (SSSR count). The third-order valence-electron chi connectivity index (χ3n) is 3.97. The summed E-state index contributed by atoms with van der Waals surface area (Å²) in [7, 11) is 0. The van der Waals surface area contributed by atoms with Crippen LogP contribution in [0.15, 0.2) is 42.5 Å². The van der Waals surface area contributed by atoms with Crippen LogP contribution in [0, 0.1) is 17.0 Å². The maximum absolute atomic E-state index is 12.3. The van der Waals surface area contributed by atoms with Gasteiger partial charge in [0, 0.05) is 34.5 Å². The molecule has 2 N–H and O–H groups in total. The van der Waals surface area contributed by atoms with Crippen molar-refractivity contribution in [3.63, 3.8) is 0 Å². The van der Waals surface area contributed by atoms with Gasteiger partial charge in [-0.3, -0.25) is 19.7 Å². The zero-order valence-corrected chi connectivity index (χ0v) is 13.6. The highest BCUT2D eigenvalue weighted by Gasteiger charge is 2.23. The average molecular weight is 339 g/mol. The van der Waals surface area contributed by atoms with Crippen LogP contribution in [0.2, 0.25) is 0 Å². The van der Waals surface area contributed by atoms with E-state index in [0.717, 1.165) is 12.8 Å². The number of anilines is 1. The Balaban J connectivity index is 1.67. The Morgan fingerprint density at radius 3 is 2.24 bits per heavy atom. The lowest BCUT2D eigenvalue weighted by Crippen LogP contribution is -2.25. The molecular formula is C18H17N3O4. The second-order valence-electron chi connectivity index (χ2n) is 6.04. The number of hydrogen-bond acceptors (Lipinski definition) is 4. The minimum absolute atomic E-state index is 0.0254. The molecule has 1 fully saturated rings. The summed E-state index contributed by atoms with van der Waals surface area (Å²) in [6, 6.07) is 11.1. The van der Waals surface area contributed by atoms with Gasteiger partial charge >= 0.3 is 0 Å². The molecule has 0 atom stereocenters. The Morgan fingerprint density at radius 2 is 1.68 bits per heavy atom. The Labute approximate surface area is 144 Å². The normalized spacial score (nSPS) is 13.2. The average Bonchev–Trinajstić information content (AvgIpc) is 3.39. The van der Waals surface area contributed by atoms with Gasteiger partial charge in [0.25, 0.3) is 17.5 Å².